The van der Waals surface area contributed by atoms with Crippen LogP contribution >= 0.6 is 0 Å². The average Bonchev–Trinajstić information content (AvgIpc) is 2.17. The molecule has 0 saturated carbocycles. The number of carbonyl (C=O) groups excluding carboxylic acids is 2. The lowest BCUT2D eigenvalue weighted by Crippen LogP contribution is -2.03. The summed E-state index contributed by atoms with van der Waals surface area (Å²) in [5.41, 5.74) is 0. The number of aliphatic hydroxyl groups excluding tert-OH is 1. The number of carbonyl (C=O) groups is 2. The Balaban J connectivity index is 0. The van der Waals surface area contributed by atoms with Crippen LogP contribution in [0, 0.1) is 0 Å². The van der Waals surface area contributed by atoms with Crippen molar-refractivity contribution in [3.63, 3.8) is 0 Å². The van der Waals surface area contributed by atoms with E-state index in [0.717, 1.165) is 12.2 Å². The van der Waals surface area contributed by atoms with Crippen molar-refractivity contribution in [3.8, 4) is 0 Å². The minimum atomic E-state index is -0.537. The Morgan fingerprint density at radius 3 is 1.47 bits per heavy atom. The molecular formula is C10H18O5. The first-order chi connectivity index (χ1) is 7.12. The summed E-state index contributed by atoms with van der Waals surface area (Å²) in [4.78, 5) is 21.3. The van der Waals surface area contributed by atoms with Crippen LogP contribution in [0.1, 0.15) is 20.8 Å². The second-order valence-electron chi connectivity index (χ2n) is 2.15. The fourth-order valence-electron chi connectivity index (χ4n) is 0.517. The number of aliphatic hydroxyl groups is 1. The molecule has 0 aliphatic carbocycles. The Bertz CT molecular complexity index is 178. The first kappa shape index (κ1) is 16.1. The molecule has 0 saturated heterocycles. The van der Waals surface area contributed by atoms with E-state index in [9.17, 15) is 9.59 Å². The fourth-order valence-corrected chi connectivity index (χ4v) is 0.517. The zero-order valence-corrected chi connectivity index (χ0v) is 9.36. The maximum Gasteiger partial charge on any atom is 0.330 e. The monoisotopic (exact) mass is 218 g/mol. The molecule has 0 heterocycles. The van der Waals surface area contributed by atoms with E-state index in [1.54, 1.807) is 20.8 Å². The number of hydrogen-bond donors (Lipinski definition) is 1. The van der Waals surface area contributed by atoms with E-state index in [1.165, 1.54) is 0 Å². The second-order valence-corrected chi connectivity index (χ2v) is 2.15. The van der Waals surface area contributed by atoms with Crippen molar-refractivity contribution < 1.29 is 24.2 Å². The summed E-state index contributed by atoms with van der Waals surface area (Å²) in [6.07, 6.45) is 2.09. The van der Waals surface area contributed by atoms with Crippen molar-refractivity contribution in [1.82, 2.24) is 0 Å². The smallest absolute Gasteiger partial charge is 0.330 e. The third kappa shape index (κ3) is 15.4. The van der Waals surface area contributed by atoms with Crippen molar-refractivity contribution in [2.24, 2.45) is 0 Å². The highest BCUT2D eigenvalue weighted by molar-refractivity contribution is 5.91. The summed E-state index contributed by atoms with van der Waals surface area (Å²) in [5, 5.41) is 7.57. The zero-order valence-electron chi connectivity index (χ0n) is 9.36. The van der Waals surface area contributed by atoms with Gasteiger partial charge in [0.25, 0.3) is 0 Å². The average molecular weight is 218 g/mol. The maximum atomic E-state index is 10.6. The molecule has 0 bridgehead atoms. The van der Waals surface area contributed by atoms with Gasteiger partial charge in [0.15, 0.2) is 0 Å². The summed E-state index contributed by atoms with van der Waals surface area (Å²) in [6.45, 7) is 5.91. The molecule has 0 spiro atoms. The predicted molar refractivity (Wildman–Crippen MR) is 55.2 cm³/mol. The van der Waals surface area contributed by atoms with Crippen LogP contribution in [0.3, 0.4) is 0 Å². The molecule has 0 radical (unpaired) electrons. The van der Waals surface area contributed by atoms with Crippen LogP contribution in [0.25, 0.3) is 0 Å². The van der Waals surface area contributed by atoms with Crippen LogP contribution < -0.4 is 0 Å². The van der Waals surface area contributed by atoms with Crippen molar-refractivity contribution in [2.45, 2.75) is 20.8 Å². The van der Waals surface area contributed by atoms with Gasteiger partial charge in [-0.05, 0) is 20.8 Å². The third-order valence-corrected chi connectivity index (χ3v) is 0.929. The number of hydrogen-bond acceptors (Lipinski definition) is 5. The molecule has 0 aliphatic heterocycles. The topological polar surface area (TPSA) is 72.8 Å². The van der Waals surface area contributed by atoms with E-state index in [2.05, 4.69) is 9.47 Å². The van der Waals surface area contributed by atoms with Gasteiger partial charge in [0, 0.05) is 18.8 Å². The lowest BCUT2D eigenvalue weighted by molar-refractivity contribution is -0.140. The number of ether oxygens (including phenoxy) is 2. The maximum absolute atomic E-state index is 10.6. The van der Waals surface area contributed by atoms with E-state index in [1.807, 2.05) is 0 Å². The minimum absolute atomic E-state index is 0.250. The molecule has 0 unspecified atom stereocenters. The fraction of sp³-hybridized carbons (Fsp3) is 0.600. The van der Waals surface area contributed by atoms with Gasteiger partial charge in [0.2, 0.25) is 0 Å². The SMILES string of the molecule is CCO.CCOC(=O)/C=C\C(=O)OCC. The Labute approximate surface area is 89.7 Å². The third-order valence-electron chi connectivity index (χ3n) is 0.929. The Hall–Kier alpha value is -1.36. The first-order valence-corrected chi connectivity index (χ1v) is 4.74. The van der Waals surface area contributed by atoms with E-state index in [0.29, 0.717) is 13.2 Å². The molecule has 1 N–H and O–H groups in total. The predicted octanol–water partition coefficient (Wildman–Crippen LogP) is 0.667. The van der Waals surface area contributed by atoms with Crippen molar-refractivity contribution >= 4 is 11.9 Å². The second kappa shape index (κ2) is 12.6. The molecule has 0 aromatic heterocycles. The summed E-state index contributed by atoms with van der Waals surface area (Å²) in [6, 6.07) is 0. The normalized spacial score (nSPS) is 9.07. The largest absolute Gasteiger partial charge is 0.463 e. The highest BCUT2D eigenvalue weighted by Gasteiger charge is 1.97. The van der Waals surface area contributed by atoms with Crippen LogP contribution in [0.5, 0.6) is 0 Å². The Morgan fingerprint density at radius 2 is 1.27 bits per heavy atom. The molecule has 0 rings (SSSR count). The standard InChI is InChI=1S/C8H12O4.C2H6O/c1-3-11-7(9)5-6-8(10)12-4-2;1-2-3/h5-6H,3-4H2,1-2H3;3H,2H2,1H3/b6-5-;. The van der Waals surface area contributed by atoms with Crippen molar-refractivity contribution in [1.29, 1.82) is 0 Å². The summed E-state index contributed by atoms with van der Waals surface area (Å²) in [5.74, 6) is -1.07. The van der Waals surface area contributed by atoms with Crippen molar-refractivity contribution in [2.75, 3.05) is 19.8 Å². The van der Waals surface area contributed by atoms with Gasteiger partial charge in [-0.15, -0.1) is 0 Å². The minimum Gasteiger partial charge on any atom is -0.463 e. The number of esters is 2. The molecule has 0 aromatic carbocycles. The first-order valence-electron chi connectivity index (χ1n) is 4.74. The van der Waals surface area contributed by atoms with E-state index in [4.69, 9.17) is 5.11 Å². The van der Waals surface area contributed by atoms with Gasteiger partial charge in [-0.3, -0.25) is 0 Å². The van der Waals surface area contributed by atoms with Crippen LogP contribution in [-0.4, -0.2) is 36.9 Å². The highest BCUT2D eigenvalue weighted by atomic mass is 16.5. The highest BCUT2D eigenvalue weighted by Crippen LogP contribution is 1.84. The molecule has 0 fully saturated rings. The van der Waals surface area contributed by atoms with Gasteiger partial charge in [0.1, 0.15) is 0 Å². The molecule has 0 amide bonds. The van der Waals surface area contributed by atoms with Crippen LogP contribution in [0.15, 0.2) is 12.2 Å². The summed E-state index contributed by atoms with van der Waals surface area (Å²) in [7, 11) is 0. The molecule has 5 heteroatoms. The van der Waals surface area contributed by atoms with Crippen molar-refractivity contribution in [3.05, 3.63) is 12.2 Å². The van der Waals surface area contributed by atoms with Gasteiger partial charge in [-0.25, -0.2) is 9.59 Å². The Morgan fingerprint density at radius 1 is 1.00 bits per heavy atom. The van der Waals surface area contributed by atoms with Gasteiger partial charge >= 0.3 is 11.9 Å². The molecule has 5 nitrogen and oxygen atoms in total. The van der Waals surface area contributed by atoms with Gasteiger partial charge in [-0.2, -0.15) is 0 Å². The molecule has 88 valence electrons. The van der Waals surface area contributed by atoms with Crippen LogP contribution in [0.2, 0.25) is 0 Å². The zero-order chi connectivity index (χ0) is 12.1. The summed E-state index contributed by atoms with van der Waals surface area (Å²) < 4.78 is 9.07. The lowest BCUT2D eigenvalue weighted by Gasteiger charge is -1.95. The molecule has 0 aliphatic rings. The molecule has 0 atom stereocenters. The molecular weight excluding hydrogens is 200 g/mol. The Kier molecular flexibility index (Phi) is 13.6. The summed E-state index contributed by atoms with van der Waals surface area (Å²) >= 11 is 0. The number of rotatable bonds is 4. The van der Waals surface area contributed by atoms with Gasteiger partial charge in [-0.1, -0.05) is 0 Å². The van der Waals surface area contributed by atoms with E-state index >= 15 is 0 Å². The van der Waals surface area contributed by atoms with Gasteiger partial charge < -0.3 is 14.6 Å². The van der Waals surface area contributed by atoms with E-state index in [-0.39, 0.29) is 6.61 Å². The van der Waals surface area contributed by atoms with Crippen LogP contribution in [0.4, 0.5) is 0 Å². The lowest BCUT2D eigenvalue weighted by atomic mass is 10.5. The quantitative estimate of drug-likeness (QED) is 0.554. The van der Waals surface area contributed by atoms with E-state index < -0.39 is 11.9 Å². The molecule has 0 aromatic rings. The van der Waals surface area contributed by atoms with Crippen LogP contribution in [-0.2, 0) is 19.1 Å². The van der Waals surface area contributed by atoms with Gasteiger partial charge in [0.05, 0.1) is 13.2 Å². The molecule has 15 heavy (non-hydrogen) atoms.